The maximum absolute atomic E-state index is 9.44. The van der Waals surface area contributed by atoms with Gasteiger partial charge in [-0.15, -0.1) is 0 Å². The fourth-order valence-corrected chi connectivity index (χ4v) is 2.60. The molecule has 0 saturated carbocycles. The molecule has 0 radical (unpaired) electrons. The monoisotopic (exact) mass is 224 g/mol. The van der Waals surface area contributed by atoms with Gasteiger partial charge in [-0.3, -0.25) is 4.55 Å². The summed E-state index contributed by atoms with van der Waals surface area (Å²) < 4.78 is 26.6. The van der Waals surface area contributed by atoms with Gasteiger partial charge in [0.1, 0.15) is 0 Å². The van der Waals surface area contributed by atoms with Crippen molar-refractivity contribution >= 4 is 18.9 Å². The zero-order chi connectivity index (χ0) is 10.9. The lowest BCUT2D eigenvalue weighted by Crippen LogP contribution is -2.04. The van der Waals surface area contributed by atoms with Crippen LogP contribution in [0.15, 0.2) is 12.0 Å². The highest BCUT2D eigenvalue weighted by atomic mass is 32.2. The molecular weight excluding hydrogens is 204 g/mol. The molecule has 0 aliphatic carbocycles. The van der Waals surface area contributed by atoms with Crippen molar-refractivity contribution < 1.29 is 13.0 Å². The molecule has 0 aliphatic rings. The zero-order valence-corrected chi connectivity index (χ0v) is 10.6. The van der Waals surface area contributed by atoms with E-state index in [4.69, 9.17) is 4.55 Å². The Hall–Kier alpha value is -0.133. The number of hydrogen-bond donors (Lipinski definition) is 1. The quantitative estimate of drug-likeness (QED) is 0.589. The molecule has 80 valence electrons. The lowest BCUT2D eigenvalue weighted by Gasteiger charge is -2.03. The molecule has 0 amide bonds. The maximum atomic E-state index is 9.44. The van der Waals surface area contributed by atoms with E-state index >= 15 is 0 Å². The molecule has 0 aromatic rings. The van der Waals surface area contributed by atoms with Gasteiger partial charge in [0.05, 0.1) is 5.41 Å². The summed E-state index contributed by atoms with van der Waals surface area (Å²) in [7, 11) is -4.07. The summed E-state index contributed by atoms with van der Waals surface area (Å²) in [6.45, 7) is 9.76. The van der Waals surface area contributed by atoms with Crippen molar-refractivity contribution in [3.63, 3.8) is 0 Å². The topological polar surface area (TPSA) is 54.4 Å². The molecule has 0 unspecified atom stereocenters. The SMILES string of the molecule is C=CS(=O)(=O)O.CC[SiH](CC)CC. The van der Waals surface area contributed by atoms with Crippen LogP contribution < -0.4 is 0 Å². The van der Waals surface area contributed by atoms with Gasteiger partial charge in [-0.2, -0.15) is 8.42 Å². The van der Waals surface area contributed by atoms with Crippen LogP contribution in [-0.2, 0) is 10.1 Å². The van der Waals surface area contributed by atoms with E-state index in [1.54, 1.807) is 0 Å². The summed E-state index contributed by atoms with van der Waals surface area (Å²) in [4.78, 5) is 0. The standard InChI is InChI=1S/C6H16Si.C2H4O3S/c1-4-7(5-2)6-3;1-2-6(3,4)5/h7H,4-6H2,1-3H3;2H,1H2,(H,3,4,5). The summed E-state index contributed by atoms with van der Waals surface area (Å²) in [6, 6.07) is 4.48. The Morgan fingerprint density at radius 1 is 1.23 bits per heavy atom. The van der Waals surface area contributed by atoms with Gasteiger partial charge in [0.2, 0.25) is 0 Å². The smallest absolute Gasteiger partial charge is 0.282 e. The van der Waals surface area contributed by atoms with Gasteiger partial charge in [0.25, 0.3) is 10.1 Å². The molecule has 0 saturated heterocycles. The van der Waals surface area contributed by atoms with Crippen molar-refractivity contribution in [2.24, 2.45) is 0 Å². The Bertz CT molecular complexity index is 190. The van der Waals surface area contributed by atoms with Crippen LogP contribution in [0.5, 0.6) is 0 Å². The molecule has 0 bridgehead atoms. The van der Waals surface area contributed by atoms with Crippen molar-refractivity contribution in [2.75, 3.05) is 0 Å². The summed E-state index contributed by atoms with van der Waals surface area (Å²) in [5.74, 6) is 0. The van der Waals surface area contributed by atoms with Crippen molar-refractivity contribution in [1.82, 2.24) is 0 Å². The minimum absolute atomic E-state index is 0.171. The first kappa shape index (κ1) is 15.3. The van der Waals surface area contributed by atoms with Crippen LogP contribution in [0.4, 0.5) is 0 Å². The van der Waals surface area contributed by atoms with Gasteiger partial charge in [-0.1, -0.05) is 45.5 Å². The molecule has 0 heterocycles. The van der Waals surface area contributed by atoms with Crippen LogP contribution in [0, 0.1) is 0 Å². The highest BCUT2D eigenvalue weighted by Gasteiger charge is 1.98. The summed E-state index contributed by atoms with van der Waals surface area (Å²) >= 11 is 0. The van der Waals surface area contributed by atoms with E-state index in [0.29, 0.717) is 5.41 Å². The van der Waals surface area contributed by atoms with Crippen LogP contribution >= 0.6 is 0 Å². The zero-order valence-electron chi connectivity index (χ0n) is 8.66. The number of rotatable bonds is 4. The normalized spacial score (nSPS) is 10.5. The molecule has 0 rings (SSSR count). The highest BCUT2D eigenvalue weighted by Crippen LogP contribution is 2.01. The van der Waals surface area contributed by atoms with E-state index in [-0.39, 0.29) is 8.80 Å². The van der Waals surface area contributed by atoms with Crippen LogP contribution in [0.3, 0.4) is 0 Å². The molecule has 0 fully saturated rings. The van der Waals surface area contributed by atoms with Gasteiger partial charge in [0, 0.05) is 8.80 Å². The van der Waals surface area contributed by atoms with Crippen molar-refractivity contribution in [3.8, 4) is 0 Å². The predicted octanol–water partition coefficient (Wildman–Crippen LogP) is 2.29. The van der Waals surface area contributed by atoms with Gasteiger partial charge in [0.15, 0.2) is 0 Å². The number of hydrogen-bond acceptors (Lipinski definition) is 2. The molecule has 1 N–H and O–H groups in total. The third-order valence-electron chi connectivity index (χ3n) is 1.94. The average molecular weight is 224 g/mol. The van der Waals surface area contributed by atoms with Crippen LogP contribution in [0.2, 0.25) is 18.1 Å². The Labute approximate surface area is 83.2 Å². The van der Waals surface area contributed by atoms with Crippen molar-refractivity contribution in [3.05, 3.63) is 12.0 Å². The average Bonchev–Trinajstić information content (AvgIpc) is 2.07. The first-order valence-corrected chi connectivity index (χ1v) is 8.46. The summed E-state index contributed by atoms with van der Waals surface area (Å²) in [5, 5.41) is 0.465. The van der Waals surface area contributed by atoms with E-state index in [0.717, 1.165) is 0 Å². The highest BCUT2D eigenvalue weighted by molar-refractivity contribution is 7.88. The molecule has 3 nitrogen and oxygen atoms in total. The van der Waals surface area contributed by atoms with Gasteiger partial charge >= 0.3 is 0 Å². The molecule has 0 aromatic carbocycles. The van der Waals surface area contributed by atoms with Crippen molar-refractivity contribution in [1.29, 1.82) is 0 Å². The second-order valence-electron chi connectivity index (χ2n) is 2.77. The molecule has 0 aromatic heterocycles. The van der Waals surface area contributed by atoms with Crippen LogP contribution in [-0.4, -0.2) is 21.8 Å². The third-order valence-corrected chi connectivity index (χ3v) is 5.83. The summed E-state index contributed by atoms with van der Waals surface area (Å²) in [5.41, 5.74) is 0. The fraction of sp³-hybridized carbons (Fsp3) is 0.750. The van der Waals surface area contributed by atoms with E-state index in [1.807, 2.05) is 0 Å². The lowest BCUT2D eigenvalue weighted by molar-refractivity contribution is 0.494. The van der Waals surface area contributed by atoms with Crippen molar-refractivity contribution in [2.45, 2.75) is 38.9 Å². The van der Waals surface area contributed by atoms with Gasteiger partial charge in [-0.25, -0.2) is 0 Å². The van der Waals surface area contributed by atoms with E-state index < -0.39 is 10.1 Å². The first-order valence-electron chi connectivity index (χ1n) is 4.51. The Kier molecular flexibility index (Phi) is 9.99. The minimum atomic E-state index is -3.90. The van der Waals surface area contributed by atoms with E-state index in [9.17, 15) is 8.42 Å². The third kappa shape index (κ3) is 14.7. The maximum Gasteiger partial charge on any atom is 0.287 e. The summed E-state index contributed by atoms with van der Waals surface area (Å²) in [6.07, 6.45) is 0. The fourth-order valence-electron chi connectivity index (χ4n) is 0.866. The second-order valence-corrected chi connectivity index (χ2v) is 8.32. The predicted molar refractivity (Wildman–Crippen MR) is 60.3 cm³/mol. The van der Waals surface area contributed by atoms with E-state index in [2.05, 4.69) is 27.4 Å². The molecular formula is C8H20O3SSi. The molecule has 0 spiro atoms. The van der Waals surface area contributed by atoms with Crippen LogP contribution in [0.1, 0.15) is 20.8 Å². The molecule has 0 aliphatic heterocycles. The van der Waals surface area contributed by atoms with E-state index in [1.165, 1.54) is 18.1 Å². The molecule has 0 atom stereocenters. The Morgan fingerprint density at radius 3 is 1.46 bits per heavy atom. The van der Waals surface area contributed by atoms with Crippen LogP contribution in [0.25, 0.3) is 0 Å². The first-order chi connectivity index (χ1) is 5.91. The Balaban J connectivity index is 0. The van der Waals surface area contributed by atoms with Gasteiger partial charge in [-0.05, 0) is 0 Å². The lowest BCUT2D eigenvalue weighted by atomic mass is 10.9. The Morgan fingerprint density at radius 2 is 1.46 bits per heavy atom. The second kappa shape index (κ2) is 8.46. The molecule has 5 heteroatoms. The molecule has 13 heavy (non-hydrogen) atoms. The largest absolute Gasteiger partial charge is 0.287 e. The van der Waals surface area contributed by atoms with Gasteiger partial charge < -0.3 is 0 Å². The minimum Gasteiger partial charge on any atom is -0.282 e.